The third kappa shape index (κ3) is 2.82. The zero-order valence-electron chi connectivity index (χ0n) is 22.7. The van der Waals surface area contributed by atoms with Gasteiger partial charge in [-0.2, -0.15) is 0 Å². The van der Waals surface area contributed by atoms with E-state index < -0.39 is 41.7 Å². The average molecular weight is 296 g/mol. The van der Waals surface area contributed by atoms with Crippen LogP contribution in [0.1, 0.15) is 40.0 Å². The molecule has 0 aliphatic carbocycles. The molecule has 0 nitrogen and oxygen atoms in total. The summed E-state index contributed by atoms with van der Waals surface area (Å²) in [5.41, 5.74) is 0.609. The number of rotatable bonds is 2. The van der Waals surface area contributed by atoms with Crippen LogP contribution in [0.25, 0.3) is 22.3 Å². The van der Waals surface area contributed by atoms with Gasteiger partial charge in [-0.25, -0.2) is 0 Å². The molecule has 3 aromatic rings. The maximum absolute atomic E-state index is 8.40. The Morgan fingerprint density at radius 1 is 0.682 bits per heavy atom. The maximum atomic E-state index is 8.40. The summed E-state index contributed by atoms with van der Waals surface area (Å²) in [6.45, 7) is 5.58. The summed E-state index contributed by atoms with van der Waals surface area (Å²) in [6.07, 6.45) is 0. The van der Waals surface area contributed by atoms with E-state index in [1.165, 1.54) is 0 Å². The Kier molecular flexibility index (Phi) is 1.80. The van der Waals surface area contributed by atoms with E-state index in [1.807, 2.05) is 20.8 Å². The minimum Gasteiger partial charge on any atom is -0.0622 e. The zero-order chi connectivity index (χ0) is 24.3. The van der Waals surface area contributed by atoms with Crippen LogP contribution in [0.3, 0.4) is 0 Å². The average Bonchev–Trinajstić information content (AvgIpc) is 2.73. The second kappa shape index (κ2) is 5.81. The normalized spacial score (nSPS) is 17.8. The zero-order valence-corrected chi connectivity index (χ0v) is 12.7. The van der Waals surface area contributed by atoms with E-state index in [2.05, 4.69) is 0 Å². The first-order valence-electron chi connectivity index (χ1n) is 12.0. The minimum atomic E-state index is -0.655. The fourth-order valence-electron chi connectivity index (χ4n) is 2.55. The molecule has 0 bridgehead atoms. The van der Waals surface area contributed by atoms with Crippen LogP contribution < -0.4 is 0 Å². The predicted molar refractivity (Wildman–Crippen MR) is 96.0 cm³/mol. The molecule has 0 N–H and O–H groups in total. The van der Waals surface area contributed by atoms with Crippen LogP contribution >= 0.6 is 0 Å². The van der Waals surface area contributed by atoms with Gasteiger partial charge in [-0.05, 0) is 33.2 Å². The lowest BCUT2D eigenvalue weighted by molar-refractivity contribution is 0.593. The Morgan fingerprint density at radius 3 is 1.45 bits per heavy atom. The highest BCUT2D eigenvalue weighted by Crippen LogP contribution is 2.39. The van der Waals surface area contributed by atoms with Crippen LogP contribution in [0.4, 0.5) is 0 Å². The quantitative estimate of drug-likeness (QED) is 0.519. The van der Waals surface area contributed by atoms with Gasteiger partial charge < -0.3 is 0 Å². The van der Waals surface area contributed by atoms with Gasteiger partial charge in [-0.3, -0.25) is 0 Å². The molecule has 0 radical (unpaired) electrons. The smallest absolute Gasteiger partial charge is 0.0622 e. The first-order valence-corrected chi connectivity index (χ1v) is 6.99. The van der Waals surface area contributed by atoms with Crippen LogP contribution in [0.15, 0.2) is 78.6 Å². The second-order valence-corrected chi connectivity index (χ2v) is 5.98. The van der Waals surface area contributed by atoms with Crippen molar-refractivity contribution in [3.05, 3.63) is 84.2 Å². The lowest BCUT2D eigenvalue weighted by atomic mass is 9.77. The van der Waals surface area contributed by atoms with Gasteiger partial charge in [0, 0.05) is 0 Å². The molecule has 0 aliphatic rings. The van der Waals surface area contributed by atoms with Crippen molar-refractivity contribution in [2.45, 2.75) is 26.2 Å². The van der Waals surface area contributed by atoms with Gasteiger partial charge in [-0.1, -0.05) is 99.4 Å². The summed E-state index contributed by atoms with van der Waals surface area (Å²) in [5, 5.41) is 0. The van der Waals surface area contributed by atoms with Crippen LogP contribution in [-0.2, 0) is 5.41 Å². The minimum absolute atomic E-state index is 0.00939. The Morgan fingerprint density at radius 2 is 1.09 bits per heavy atom. The van der Waals surface area contributed by atoms with Gasteiger partial charge in [0.15, 0.2) is 0 Å². The summed E-state index contributed by atoms with van der Waals surface area (Å²) < 4.78 is 81.5. The third-order valence-electron chi connectivity index (χ3n) is 3.35. The molecular formula is C22H22. The molecule has 0 aromatic heterocycles. The molecule has 0 saturated heterocycles. The molecule has 3 aromatic carbocycles. The van der Waals surface area contributed by atoms with Crippen molar-refractivity contribution < 1.29 is 13.7 Å². The molecule has 0 fully saturated rings. The Hall–Kier alpha value is -2.34. The van der Waals surface area contributed by atoms with Crippen LogP contribution in [0.2, 0.25) is 0 Å². The summed E-state index contributed by atoms with van der Waals surface area (Å²) in [6, 6.07) is 0.568. The Labute approximate surface area is 147 Å². The molecule has 0 heteroatoms. The number of benzene rings is 3. The highest BCUT2D eigenvalue weighted by atomic mass is 14.3. The SMILES string of the molecule is [2H]c1c([2H])c([2H])c(-c2cccc(-c3c([2H])c([2H])c([2H])c([2H])c3[2H])c2C(C)(C)C)c([2H])c1[2H]. The first kappa shape index (κ1) is 6.83. The van der Waals surface area contributed by atoms with Gasteiger partial charge in [0.25, 0.3) is 0 Å². The molecule has 22 heavy (non-hydrogen) atoms. The van der Waals surface area contributed by atoms with E-state index in [1.54, 1.807) is 18.2 Å². The third-order valence-corrected chi connectivity index (χ3v) is 3.35. The first-order chi connectivity index (χ1) is 14.7. The Balaban J connectivity index is 2.55. The van der Waals surface area contributed by atoms with Crippen LogP contribution in [0.5, 0.6) is 0 Å². The van der Waals surface area contributed by atoms with E-state index >= 15 is 0 Å². The summed E-state index contributed by atoms with van der Waals surface area (Å²) in [7, 11) is 0. The standard InChI is InChI=1S/C22H22/c1-22(2,3)21-19(17-11-6-4-7-12-17)15-10-16-20(21)18-13-8-5-9-14-18/h4-16H,1-3H3/i4D,5D,6D,7D,8D,9D,11D,12D,13D,14D. The van der Waals surface area contributed by atoms with Crippen molar-refractivity contribution >= 4 is 0 Å². The second-order valence-electron chi connectivity index (χ2n) is 5.98. The van der Waals surface area contributed by atoms with E-state index in [0.29, 0.717) is 16.7 Å². The summed E-state index contributed by atoms with van der Waals surface area (Å²) in [5.74, 6) is 0. The van der Waals surface area contributed by atoms with E-state index in [9.17, 15) is 0 Å². The molecule has 3 rings (SSSR count). The molecule has 0 heterocycles. The highest BCUT2D eigenvalue weighted by Gasteiger charge is 2.22. The number of hydrogen-bond acceptors (Lipinski definition) is 0. The molecule has 0 atom stereocenters. The summed E-state index contributed by atoms with van der Waals surface area (Å²) in [4.78, 5) is 0. The lowest BCUT2D eigenvalue weighted by Crippen LogP contribution is -2.14. The molecule has 0 saturated carbocycles. The monoisotopic (exact) mass is 296 g/mol. The topological polar surface area (TPSA) is 0 Å². The van der Waals surface area contributed by atoms with Crippen molar-refractivity contribution in [1.82, 2.24) is 0 Å². The fourth-order valence-corrected chi connectivity index (χ4v) is 2.55. The van der Waals surface area contributed by atoms with Gasteiger partial charge >= 0.3 is 0 Å². The largest absolute Gasteiger partial charge is 0.0629 e. The number of hydrogen-bond donors (Lipinski definition) is 0. The molecule has 110 valence electrons. The Bertz CT molecular complexity index is 1110. The molecule has 0 spiro atoms. The molecular weight excluding hydrogens is 264 g/mol. The van der Waals surface area contributed by atoms with Crippen molar-refractivity contribution in [3.63, 3.8) is 0 Å². The molecule has 0 unspecified atom stereocenters. The van der Waals surface area contributed by atoms with Crippen molar-refractivity contribution in [1.29, 1.82) is 0 Å². The van der Waals surface area contributed by atoms with E-state index in [0.717, 1.165) is 0 Å². The van der Waals surface area contributed by atoms with Gasteiger partial charge in [0.1, 0.15) is 0 Å². The van der Waals surface area contributed by atoms with Gasteiger partial charge in [-0.15, -0.1) is 0 Å². The predicted octanol–water partition coefficient (Wildman–Crippen LogP) is 6.32. The van der Waals surface area contributed by atoms with Gasteiger partial charge in [0.2, 0.25) is 0 Å². The van der Waals surface area contributed by atoms with Crippen LogP contribution in [0, 0.1) is 0 Å². The van der Waals surface area contributed by atoms with Crippen molar-refractivity contribution in [2.75, 3.05) is 0 Å². The maximum Gasteiger partial charge on any atom is 0.0629 e. The van der Waals surface area contributed by atoms with Crippen molar-refractivity contribution in [2.24, 2.45) is 0 Å². The van der Waals surface area contributed by atoms with Gasteiger partial charge in [0.05, 0.1) is 13.7 Å². The van der Waals surface area contributed by atoms with E-state index in [4.69, 9.17) is 13.7 Å². The van der Waals surface area contributed by atoms with Crippen molar-refractivity contribution in [3.8, 4) is 22.3 Å². The molecule has 0 amide bonds. The fraction of sp³-hybridized carbons (Fsp3) is 0.182. The molecule has 0 aliphatic heterocycles. The van der Waals surface area contributed by atoms with E-state index in [-0.39, 0.29) is 35.3 Å². The van der Waals surface area contributed by atoms with Crippen LogP contribution in [-0.4, -0.2) is 0 Å². The lowest BCUT2D eigenvalue weighted by Gasteiger charge is -2.27. The highest BCUT2D eigenvalue weighted by molar-refractivity contribution is 5.80. The summed E-state index contributed by atoms with van der Waals surface area (Å²) >= 11 is 0.